The molecule has 0 atom stereocenters. The molecular weight excluding hydrogens is 180 g/mol. The predicted molar refractivity (Wildman–Crippen MR) is 55.2 cm³/mol. The van der Waals surface area contributed by atoms with Gasteiger partial charge in [0.2, 0.25) is 0 Å². The molecule has 82 valence electrons. The van der Waals surface area contributed by atoms with Gasteiger partial charge in [-0.15, -0.1) is 0 Å². The van der Waals surface area contributed by atoms with E-state index in [2.05, 4.69) is 19.2 Å². The fourth-order valence-electron chi connectivity index (χ4n) is 1.32. The molecule has 14 heavy (non-hydrogen) atoms. The van der Waals surface area contributed by atoms with Crippen molar-refractivity contribution in [3.8, 4) is 0 Å². The minimum Gasteiger partial charge on any atom is -0.449 e. The van der Waals surface area contributed by atoms with Crippen molar-refractivity contribution in [2.45, 2.75) is 20.3 Å². The molecule has 1 aliphatic rings. The molecule has 0 spiro atoms. The Hall–Kier alpha value is -0.770. The molecule has 1 heterocycles. The molecule has 1 N–H and O–H groups in total. The Morgan fingerprint density at radius 3 is 2.64 bits per heavy atom. The number of carbonyl (C=O) groups excluding carboxylic acids is 1. The summed E-state index contributed by atoms with van der Waals surface area (Å²) < 4.78 is 5.15. The smallest absolute Gasteiger partial charge is 0.409 e. The van der Waals surface area contributed by atoms with Crippen molar-refractivity contribution in [3.63, 3.8) is 0 Å². The van der Waals surface area contributed by atoms with Gasteiger partial charge in [0.15, 0.2) is 0 Å². The standard InChI is InChI=1S/C10H20N2O2/c1-9(2)3-8-14-10(13)12-6-4-11-5-7-12/h9,11H,3-8H2,1-2H3. The van der Waals surface area contributed by atoms with Gasteiger partial charge in [0.1, 0.15) is 0 Å². The van der Waals surface area contributed by atoms with E-state index in [1.165, 1.54) is 0 Å². The van der Waals surface area contributed by atoms with Crippen LogP contribution in [0.1, 0.15) is 20.3 Å². The van der Waals surface area contributed by atoms with Crippen molar-refractivity contribution < 1.29 is 9.53 Å². The van der Waals surface area contributed by atoms with Gasteiger partial charge in [-0.25, -0.2) is 4.79 Å². The first-order chi connectivity index (χ1) is 6.70. The number of amides is 1. The SMILES string of the molecule is CC(C)CCOC(=O)N1CCNCC1. The molecule has 0 unspecified atom stereocenters. The van der Waals surface area contributed by atoms with Gasteiger partial charge in [0.25, 0.3) is 0 Å². The molecule has 0 aromatic carbocycles. The van der Waals surface area contributed by atoms with E-state index in [1.807, 2.05) is 0 Å². The van der Waals surface area contributed by atoms with E-state index >= 15 is 0 Å². The van der Waals surface area contributed by atoms with E-state index in [4.69, 9.17) is 4.74 Å². The van der Waals surface area contributed by atoms with Crippen LogP contribution in [0, 0.1) is 5.92 Å². The van der Waals surface area contributed by atoms with Crippen molar-refractivity contribution in [1.29, 1.82) is 0 Å². The first-order valence-electron chi connectivity index (χ1n) is 5.32. The van der Waals surface area contributed by atoms with Crippen LogP contribution in [0.4, 0.5) is 4.79 Å². The molecule has 0 saturated carbocycles. The van der Waals surface area contributed by atoms with Gasteiger partial charge in [0, 0.05) is 26.2 Å². The lowest BCUT2D eigenvalue weighted by atomic mass is 10.1. The average molecular weight is 200 g/mol. The molecule has 0 aromatic heterocycles. The van der Waals surface area contributed by atoms with Crippen molar-refractivity contribution in [1.82, 2.24) is 10.2 Å². The number of carbonyl (C=O) groups is 1. The second-order valence-corrected chi connectivity index (χ2v) is 4.03. The summed E-state index contributed by atoms with van der Waals surface area (Å²) in [5.74, 6) is 0.589. The summed E-state index contributed by atoms with van der Waals surface area (Å²) in [5, 5.41) is 3.19. The summed E-state index contributed by atoms with van der Waals surface area (Å²) in [6.07, 6.45) is 0.782. The zero-order valence-electron chi connectivity index (χ0n) is 9.08. The summed E-state index contributed by atoms with van der Waals surface area (Å²) in [5.41, 5.74) is 0. The zero-order chi connectivity index (χ0) is 10.4. The maximum atomic E-state index is 11.5. The highest BCUT2D eigenvalue weighted by atomic mass is 16.6. The van der Waals surface area contributed by atoms with Crippen molar-refractivity contribution in [2.24, 2.45) is 5.92 Å². The zero-order valence-corrected chi connectivity index (χ0v) is 9.08. The maximum absolute atomic E-state index is 11.5. The molecule has 1 aliphatic heterocycles. The lowest BCUT2D eigenvalue weighted by Crippen LogP contribution is -2.46. The van der Waals surface area contributed by atoms with E-state index in [-0.39, 0.29) is 6.09 Å². The molecule has 0 radical (unpaired) electrons. The van der Waals surface area contributed by atoms with E-state index in [1.54, 1.807) is 4.90 Å². The highest BCUT2D eigenvalue weighted by molar-refractivity contribution is 5.67. The molecule has 4 nitrogen and oxygen atoms in total. The van der Waals surface area contributed by atoms with Crippen molar-refractivity contribution in [2.75, 3.05) is 32.8 Å². The van der Waals surface area contributed by atoms with E-state index < -0.39 is 0 Å². The fourth-order valence-corrected chi connectivity index (χ4v) is 1.32. The molecule has 0 aliphatic carbocycles. The Labute approximate surface area is 85.6 Å². The van der Waals surface area contributed by atoms with Crippen LogP contribution in [-0.2, 0) is 4.74 Å². The third kappa shape index (κ3) is 3.96. The fraction of sp³-hybridized carbons (Fsp3) is 0.900. The molecule has 4 heteroatoms. The lowest BCUT2D eigenvalue weighted by Gasteiger charge is -2.26. The number of nitrogens with zero attached hydrogens (tertiary/aromatic N) is 1. The molecular formula is C10H20N2O2. The van der Waals surface area contributed by atoms with Crippen LogP contribution in [0.2, 0.25) is 0 Å². The summed E-state index contributed by atoms with van der Waals surface area (Å²) >= 11 is 0. The Balaban J connectivity index is 2.13. The van der Waals surface area contributed by atoms with Crippen LogP contribution in [0.5, 0.6) is 0 Å². The van der Waals surface area contributed by atoms with Gasteiger partial charge in [0.05, 0.1) is 6.61 Å². The second-order valence-electron chi connectivity index (χ2n) is 4.03. The van der Waals surface area contributed by atoms with Crippen molar-refractivity contribution in [3.05, 3.63) is 0 Å². The lowest BCUT2D eigenvalue weighted by molar-refractivity contribution is 0.0938. The maximum Gasteiger partial charge on any atom is 0.409 e. The Morgan fingerprint density at radius 1 is 1.43 bits per heavy atom. The highest BCUT2D eigenvalue weighted by Gasteiger charge is 2.16. The van der Waals surface area contributed by atoms with E-state index in [9.17, 15) is 4.79 Å². The first-order valence-corrected chi connectivity index (χ1v) is 5.32. The predicted octanol–water partition coefficient (Wildman–Crippen LogP) is 1.07. The summed E-state index contributed by atoms with van der Waals surface area (Å²) in [6, 6.07) is 0. The van der Waals surface area contributed by atoms with E-state index in [0.29, 0.717) is 12.5 Å². The normalized spacial score (nSPS) is 17.2. The first kappa shape index (κ1) is 11.3. The summed E-state index contributed by atoms with van der Waals surface area (Å²) in [7, 11) is 0. The molecule has 1 amide bonds. The third-order valence-corrected chi connectivity index (χ3v) is 2.30. The van der Waals surface area contributed by atoms with Gasteiger partial charge in [-0.05, 0) is 12.3 Å². The number of ether oxygens (including phenoxy) is 1. The van der Waals surface area contributed by atoms with Crippen LogP contribution < -0.4 is 5.32 Å². The van der Waals surface area contributed by atoms with Crippen LogP contribution in [0.15, 0.2) is 0 Å². The third-order valence-electron chi connectivity index (χ3n) is 2.30. The van der Waals surface area contributed by atoms with Crippen LogP contribution >= 0.6 is 0 Å². The van der Waals surface area contributed by atoms with Gasteiger partial charge in [-0.1, -0.05) is 13.8 Å². The highest BCUT2D eigenvalue weighted by Crippen LogP contribution is 2.02. The quantitative estimate of drug-likeness (QED) is 0.741. The molecule has 1 fully saturated rings. The van der Waals surface area contributed by atoms with E-state index in [0.717, 1.165) is 32.6 Å². The molecule has 1 saturated heterocycles. The topological polar surface area (TPSA) is 41.6 Å². The molecule has 0 bridgehead atoms. The summed E-state index contributed by atoms with van der Waals surface area (Å²) in [6.45, 7) is 8.07. The average Bonchev–Trinajstić information content (AvgIpc) is 2.18. The number of piperazine rings is 1. The Morgan fingerprint density at radius 2 is 2.07 bits per heavy atom. The molecule has 1 rings (SSSR count). The summed E-state index contributed by atoms with van der Waals surface area (Å²) in [4.78, 5) is 13.2. The Kier molecular flexibility index (Phi) is 4.73. The largest absolute Gasteiger partial charge is 0.449 e. The van der Waals surface area contributed by atoms with Crippen LogP contribution in [0.25, 0.3) is 0 Å². The number of hydrogen-bond acceptors (Lipinski definition) is 3. The Bertz CT molecular complexity index is 177. The van der Waals surface area contributed by atoms with Crippen molar-refractivity contribution >= 4 is 6.09 Å². The van der Waals surface area contributed by atoms with Gasteiger partial charge in [-0.2, -0.15) is 0 Å². The number of hydrogen-bond donors (Lipinski definition) is 1. The molecule has 0 aromatic rings. The van der Waals surface area contributed by atoms with Gasteiger partial charge >= 0.3 is 6.09 Å². The van der Waals surface area contributed by atoms with Crippen LogP contribution in [-0.4, -0.2) is 43.8 Å². The second kappa shape index (κ2) is 5.86. The monoisotopic (exact) mass is 200 g/mol. The number of rotatable bonds is 3. The van der Waals surface area contributed by atoms with Gasteiger partial charge in [-0.3, -0.25) is 0 Å². The minimum absolute atomic E-state index is 0.160. The minimum atomic E-state index is -0.160. The van der Waals surface area contributed by atoms with Crippen LogP contribution in [0.3, 0.4) is 0 Å². The number of nitrogens with one attached hydrogen (secondary N) is 1. The van der Waals surface area contributed by atoms with Gasteiger partial charge < -0.3 is 15.0 Å².